The maximum Gasteiger partial charge on any atom is 0.331 e. The minimum absolute atomic E-state index is 0.134. The van der Waals surface area contributed by atoms with Crippen molar-refractivity contribution in [3.8, 4) is 0 Å². The first-order valence-corrected chi connectivity index (χ1v) is 8.88. The van der Waals surface area contributed by atoms with Crippen LogP contribution in [0.4, 0.5) is 0 Å². The van der Waals surface area contributed by atoms with Gasteiger partial charge in [-0.3, -0.25) is 13.9 Å². The average molecular weight is 338 g/mol. The van der Waals surface area contributed by atoms with Crippen molar-refractivity contribution < 1.29 is 9.47 Å². The standard InChI is InChI=1S/C16H22N2O4S/c1-11-10-23-15-13(11)14(19)18(16(20)17(15)2)7-5-9-22-12-6-3-4-8-21-12/h10,12H,3-9H2,1-2H3. The first-order chi connectivity index (χ1) is 11.1. The lowest BCUT2D eigenvalue weighted by Crippen LogP contribution is -2.39. The molecule has 0 spiro atoms. The zero-order chi connectivity index (χ0) is 16.4. The first-order valence-electron chi connectivity index (χ1n) is 8.00. The number of aryl methyl sites for hydroxylation is 2. The number of hydrogen-bond donors (Lipinski definition) is 0. The molecular formula is C16H22N2O4S. The van der Waals surface area contributed by atoms with E-state index in [1.54, 1.807) is 11.6 Å². The number of aromatic nitrogens is 2. The summed E-state index contributed by atoms with van der Waals surface area (Å²) in [6.45, 7) is 3.50. The Kier molecular flexibility index (Phi) is 4.99. The number of fused-ring (bicyclic) bond motifs is 1. The lowest BCUT2D eigenvalue weighted by Gasteiger charge is -2.22. The second kappa shape index (κ2) is 6.98. The van der Waals surface area contributed by atoms with E-state index in [2.05, 4.69) is 0 Å². The van der Waals surface area contributed by atoms with Crippen LogP contribution in [-0.4, -0.2) is 28.6 Å². The second-order valence-electron chi connectivity index (χ2n) is 5.92. The fraction of sp³-hybridized carbons (Fsp3) is 0.625. The Labute approximate surface area is 138 Å². The summed E-state index contributed by atoms with van der Waals surface area (Å²) in [5.74, 6) is 0. The number of rotatable bonds is 5. The van der Waals surface area contributed by atoms with Crippen molar-refractivity contribution in [2.24, 2.45) is 7.05 Å². The Morgan fingerprint density at radius 2 is 2.22 bits per heavy atom. The largest absolute Gasteiger partial charge is 0.353 e. The highest BCUT2D eigenvalue weighted by Gasteiger charge is 2.16. The summed E-state index contributed by atoms with van der Waals surface area (Å²) in [5, 5.41) is 2.56. The van der Waals surface area contributed by atoms with Gasteiger partial charge in [0.05, 0.1) is 12.0 Å². The van der Waals surface area contributed by atoms with E-state index < -0.39 is 0 Å². The second-order valence-corrected chi connectivity index (χ2v) is 6.78. The molecule has 1 saturated heterocycles. The van der Waals surface area contributed by atoms with Crippen LogP contribution in [0.25, 0.3) is 10.2 Å². The van der Waals surface area contributed by atoms with Gasteiger partial charge in [-0.1, -0.05) is 0 Å². The van der Waals surface area contributed by atoms with Crippen molar-refractivity contribution in [3.05, 3.63) is 31.8 Å². The molecule has 0 radical (unpaired) electrons. The summed E-state index contributed by atoms with van der Waals surface area (Å²) in [7, 11) is 1.71. The lowest BCUT2D eigenvalue weighted by molar-refractivity contribution is -0.163. The molecule has 1 aliphatic heterocycles. The predicted octanol–water partition coefficient (Wildman–Crippen LogP) is 2.00. The summed E-state index contributed by atoms with van der Waals surface area (Å²) in [4.78, 5) is 25.7. The summed E-state index contributed by atoms with van der Waals surface area (Å²) in [6, 6.07) is 0. The van der Waals surface area contributed by atoms with Crippen LogP contribution in [0, 0.1) is 6.92 Å². The van der Waals surface area contributed by atoms with Crippen LogP contribution in [0.15, 0.2) is 15.0 Å². The van der Waals surface area contributed by atoms with Crippen molar-refractivity contribution in [1.29, 1.82) is 0 Å². The molecule has 2 aromatic heterocycles. The molecule has 3 heterocycles. The van der Waals surface area contributed by atoms with Gasteiger partial charge in [0.15, 0.2) is 6.29 Å². The van der Waals surface area contributed by atoms with Crippen LogP contribution < -0.4 is 11.2 Å². The van der Waals surface area contributed by atoms with Gasteiger partial charge in [-0.05, 0) is 43.6 Å². The van der Waals surface area contributed by atoms with Gasteiger partial charge in [0.1, 0.15) is 4.83 Å². The van der Waals surface area contributed by atoms with Gasteiger partial charge in [-0.15, -0.1) is 11.3 Å². The molecule has 126 valence electrons. The molecule has 0 aliphatic carbocycles. The molecule has 0 N–H and O–H groups in total. The molecule has 6 nitrogen and oxygen atoms in total. The third kappa shape index (κ3) is 3.27. The zero-order valence-electron chi connectivity index (χ0n) is 13.5. The highest BCUT2D eigenvalue weighted by molar-refractivity contribution is 7.17. The highest BCUT2D eigenvalue weighted by atomic mass is 32.1. The number of ether oxygens (including phenoxy) is 2. The Hall–Kier alpha value is -1.44. The van der Waals surface area contributed by atoms with Crippen LogP contribution in [0.1, 0.15) is 31.2 Å². The third-order valence-corrected chi connectivity index (χ3v) is 5.38. The van der Waals surface area contributed by atoms with Crippen LogP contribution in [0.3, 0.4) is 0 Å². The van der Waals surface area contributed by atoms with E-state index in [4.69, 9.17) is 9.47 Å². The number of hydrogen-bond acceptors (Lipinski definition) is 5. The van der Waals surface area contributed by atoms with Crippen LogP contribution in [-0.2, 0) is 23.1 Å². The van der Waals surface area contributed by atoms with E-state index in [1.165, 1.54) is 15.9 Å². The van der Waals surface area contributed by atoms with E-state index in [0.717, 1.165) is 36.3 Å². The first kappa shape index (κ1) is 16.4. The van der Waals surface area contributed by atoms with Crippen LogP contribution in [0.5, 0.6) is 0 Å². The molecule has 1 fully saturated rings. The third-order valence-electron chi connectivity index (χ3n) is 4.20. The molecule has 2 aromatic rings. The summed E-state index contributed by atoms with van der Waals surface area (Å²) < 4.78 is 14.0. The predicted molar refractivity (Wildman–Crippen MR) is 90.2 cm³/mol. The molecule has 7 heteroatoms. The normalized spacial score (nSPS) is 18.6. The van der Waals surface area contributed by atoms with E-state index in [0.29, 0.717) is 25.0 Å². The minimum atomic E-state index is -0.265. The Balaban J connectivity index is 1.71. The molecule has 0 amide bonds. The highest BCUT2D eigenvalue weighted by Crippen LogP contribution is 2.20. The maximum atomic E-state index is 12.6. The van der Waals surface area contributed by atoms with Crippen molar-refractivity contribution in [3.63, 3.8) is 0 Å². The zero-order valence-corrected chi connectivity index (χ0v) is 14.4. The van der Waals surface area contributed by atoms with E-state index >= 15 is 0 Å². The van der Waals surface area contributed by atoms with Crippen LogP contribution >= 0.6 is 11.3 Å². The van der Waals surface area contributed by atoms with Crippen molar-refractivity contribution in [2.75, 3.05) is 13.2 Å². The molecule has 23 heavy (non-hydrogen) atoms. The fourth-order valence-electron chi connectivity index (χ4n) is 2.90. The fourth-order valence-corrected chi connectivity index (χ4v) is 3.91. The van der Waals surface area contributed by atoms with E-state index in [-0.39, 0.29) is 17.5 Å². The van der Waals surface area contributed by atoms with E-state index in [9.17, 15) is 9.59 Å². The Morgan fingerprint density at radius 1 is 1.39 bits per heavy atom. The van der Waals surface area contributed by atoms with Gasteiger partial charge in [-0.2, -0.15) is 0 Å². The molecule has 1 atom stereocenters. The number of nitrogens with zero attached hydrogens (tertiary/aromatic N) is 2. The smallest absolute Gasteiger partial charge is 0.331 e. The Morgan fingerprint density at radius 3 is 2.96 bits per heavy atom. The molecule has 3 rings (SSSR count). The molecule has 0 saturated carbocycles. The van der Waals surface area contributed by atoms with Crippen molar-refractivity contribution in [1.82, 2.24) is 9.13 Å². The van der Waals surface area contributed by atoms with Gasteiger partial charge in [-0.25, -0.2) is 4.79 Å². The number of thiophene rings is 1. The lowest BCUT2D eigenvalue weighted by atomic mass is 10.2. The quantitative estimate of drug-likeness (QED) is 0.783. The summed E-state index contributed by atoms with van der Waals surface area (Å²) in [6.07, 6.45) is 3.61. The molecular weight excluding hydrogens is 316 g/mol. The van der Waals surface area contributed by atoms with Gasteiger partial charge in [0.25, 0.3) is 5.56 Å². The van der Waals surface area contributed by atoms with Crippen LogP contribution in [0.2, 0.25) is 0 Å². The summed E-state index contributed by atoms with van der Waals surface area (Å²) >= 11 is 1.43. The van der Waals surface area contributed by atoms with Gasteiger partial charge in [0, 0.05) is 20.2 Å². The summed E-state index contributed by atoms with van der Waals surface area (Å²) in [5.41, 5.74) is 0.459. The minimum Gasteiger partial charge on any atom is -0.353 e. The van der Waals surface area contributed by atoms with Gasteiger partial charge >= 0.3 is 5.69 Å². The topological polar surface area (TPSA) is 62.5 Å². The SMILES string of the molecule is Cc1csc2c1c(=O)n(CCCOC1CCCCO1)c(=O)n2C. The van der Waals surface area contributed by atoms with Gasteiger partial charge < -0.3 is 9.47 Å². The average Bonchev–Trinajstić information content (AvgIpc) is 2.95. The van der Waals surface area contributed by atoms with E-state index in [1.807, 2.05) is 12.3 Å². The van der Waals surface area contributed by atoms with Crippen molar-refractivity contribution in [2.45, 2.75) is 45.4 Å². The molecule has 0 bridgehead atoms. The maximum absolute atomic E-state index is 12.6. The monoisotopic (exact) mass is 338 g/mol. The molecule has 1 aliphatic rings. The molecule has 1 unspecified atom stereocenters. The van der Waals surface area contributed by atoms with Crippen molar-refractivity contribution >= 4 is 21.6 Å². The van der Waals surface area contributed by atoms with Gasteiger partial charge in [0.2, 0.25) is 0 Å². The molecule has 0 aromatic carbocycles. The Bertz CT molecular complexity index is 799.